The molecule has 0 amide bonds. The zero-order chi connectivity index (χ0) is 18.9. The highest BCUT2D eigenvalue weighted by molar-refractivity contribution is 6.30. The van der Waals surface area contributed by atoms with Crippen molar-refractivity contribution in [2.45, 2.75) is 32.9 Å². The predicted octanol–water partition coefficient (Wildman–Crippen LogP) is 5.44. The minimum Gasteiger partial charge on any atom is -0.341 e. The Balaban J connectivity index is 1.89. The molecule has 0 spiro atoms. The van der Waals surface area contributed by atoms with Crippen LogP contribution in [0, 0.1) is 12.8 Å². The molecule has 1 aliphatic rings. The molecule has 8 heteroatoms. The monoisotopic (exact) mass is 384 g/mol. The van der Waals surface area contributed by atoms with Crippen molar-refractivity contribution in [2.75, 3.05) is 23.3 Å². The van der Waals surface area contributed by atoms with Gasteiger partial charge in [-0.3, -0.25) is 0 Å². The summed E-state index contributed by atoms with van der Waals surface area (Å²) in [5.74, 6) is 1.54. The summed E-state index contributed by atoms with van der Waals surface area (Å²) in [7, 11) is 0. The Morgan fingerprint density at radius 3 is 2.50 bits per heavy atom. The first-order valence-electron chi connectivity index (χ1n) is 8.47. The van der Waals surface area contributed by atoms with Gasteiger partial charge in [0.05, 0.1) is 11.3 Å². The van der Waals surface area contributed by atoms with Crippen LogP contribution >= 0.6 is 11.6 Å². The number of aromatic nitrogens is 2. The molecule has 1 aromatic heterocycles. The fraction of sp³-hybridized carbons (Fsp3) is 0.444. The van der Waals surface area contributed by atoms with E-state index in [-0.39, 0.29) is 10.7 Å². The second-order valence-electron chi connectivity index (χ2n) is 6.68. The summed E-state index contributed by atoms with van der Waals surface area (Å²) in [6.07, 6.45) is -2.41. The third kappa shape index (κ3) is 4.38. The summed E-state index contributed by atoms with van der Waals surface area (Å²) in [4.78, 5) is 10.9. The third-order valence-electron chi connectivity index (χ3n) is 4.46. The molecule has 4 nitrogen and oxygen atoms in total. The SMILES string of the molecule is Cc1cc(Nc2ccc(Cl)cc2C(F)(F)F)nc(N2CCC(C)CC2)n1. The standard InChI is InChI=1S/C18H20ClF3N4/c1-11-5-7-26(8-6-11)17-23-12(2)9-16(25-17)24-15-4-3-13(19)10-14(15)18(20,21)22/h3-4,9-11H,5-8H2,1-2H3,(H,23,24,25). The van der Waals surface area contributed by atoms with Crippen LogP contribution in [0.3, 0.4) is 0 Å². The number of nitrogens with one attached hydrogen (secondary N) is 1. The number of anilines is 3. The summed E-state index contributed by atoms with van der Waals surface area (Å²) in [6, 6.07) is 5.26. The van der Waals surface area contributed by atoms with Crippen LogP contribution in [-0.2, 0) is 6.18 Å². The second kappa shape index (κ2) is 7.31. The number of piperidine rings is 1. The largest absolute Gasteiger partial charge is 0.418 e. The van der Waals surface area contributed by atoms with Crippen molar-refractivity contribution in [1.82, 2.24) is 9.97 Å². The van der Waals surface area contributed by atoms with Crippen molar-refractivity contribution < 1.29 is 13.2 Å². The normalized spacial score (nSPS) is 16.0. The van der Waals surface area contributed by atoms with E-state index in [2.05, 4.69) is 27.1 Å². The van der Waals surface area contributed by atoms with Gasteiger partial charge in [-0.1, -0.05) is 18.5 Å². The van der Waals surface area contributed by atoms with Crippen LogP contribution in [0.25, 0.3) is 0 Å². The average molecular weight is 385 g/mol. The molecular formula is C18H20ClF3N4. The molecule has 0 aliphatic carbocycles. The quantitative estimate of drug-likeness (QED) is 0.765. The summed E-state index contributed by atoms with van der Waals surface area (Å²) in [5.41, 5.74) is -0.216. The Labute approximate surface area is 155 Å². The van der Waals surface area contributed by atoms with E-state index in [1.54, 1.807) is 13.0 Å². The second-order valence-corrected chi connectivity index (χ2v) is 7.11. The van der Waals surface area contributed by atoms with E-state index >= 15 is 0 Å². The van der Waals surface area contributed by atoms with Gasteiger partial charge in [0.25, 0.3) is 0 Å². The lowest BCUT2D eigenvalue weighted by Gasteiger charge is -2.30. The molecule has 0 unspecified atom stereocenters. The van der Waals surface area contributed by atoms with Gasteiger partial charge in [0, 0.05) is 29.9 Å². The van der Waals surface area contributed by atoms with Gasteiger partial charge in [-0.25, -0.2) is 4.98 Å². The highest BCUT2D eigenvalue weighted by Gasteiger charge is 2.34. The number of hydrogen-bond donors (Lipinski definition) is 1. The number of rotatable bonds is 3. The van der Waals surface area contributed by atoms with Crippen molar-refractivity contribution in [2.24, 2.45) is 5.92 Å². The Morgan fingerprint density at radius 2 is 1.85 bits per heavy atom. The van der Waals surface area contributed by atoms with Gasteiger partial charge < -0.3 is 10.2 Å². The average Bonchev–Trinajstić information content (AvgIpc) is 2.56. The van der Waals surface area contributed by atoms with Gasteiger partial charge in [-0.15, -0.1) is 0 Å². The number of hydrogen-bond acceptors (Lipinski definition) is 4. The number of benzene rings is 1. The number of nitrogens with zero attached hydrogens (tertiary/aromatic N) is 3. The topological polar surface area (TPSA) is 41.1 Å². The summed E-state index contributed by atoms with van der Waals surface area (Å²) >= 11 is 5.73. The lowest BCUT2D eigenvalue weighted by Crippen LogP contribution is -2.34. The van der Waals surface area contributed by atoms with E-state index in [4.69, 9.17) is 11.6 Å². The van der Waals surface area contributed by atoms with Gasteiger partial charge in [-0.2, -0.15) is 18.2 Å². The molecule has 2 heterocycles. The Morgan fingerprint density at radius 1 is 1.15 bits per heavy atom. The molecule has 0 bridgehead atoms. The molecule has 26 heavy (non-hydrogen) atoms. The van der Waals surface area contributed by atoms with Crippen LogP contribution in [-0.4, -0.2) is 23.1 Å². The van der Waals surface area contributed by atoms with E-state index < -0.39 is 11.7 Å². The molecule has 1 saturated heterocycles. The molecule has 3 rings (SSSR count). The first-order chi connectivity index (χ1) is 12.2. The zero-order valence-corrected chi connectivity index (χ0v) is 15.3. The molecule has 140 valence electrons. The number of aryl methyl sites for hydroxylation is 1. The zero-order valence-electron chi connectivity index (χ0n) is 14.6. The predicted molar refractivity (Wildman–Crippen MR) is 97.1 cm³/mol. The van der Waals surface area contributed by atoms with Crippen molar-refractivity contribution in [3.05, 3.63) is 40.5 Å². The van der Waals surface area contributed by atoms with Gasteiger partial charge >= 0.3 is 6.18 Å². The van der Waals surface area contributed by atoms with E-state index in [1.165, 1.54) is 12.1 Å². The van der Waals surface area contributed by atoms with Crippen LogP contribution in [0.15, 0.2) is 24.3 Å². The number of halogens is 4. The maximum absolute atomic E-state index is 13.3. The Kier molecular flexibility index (Phi) is 5.27. The molecule has 1 aliphatic heterocycles. The maximum Gasteiger partial charge on any atom is 0.418 e. The summed E-state index contributed by atoms with van der Waals surface area (Å²) in [5, 5.41) is 2.81. The lowest BCUT2D eigenvalue weighted by molar-refractivity contribution is -0.136. The van der Waals surface area contributed by atoms with E-state index in [1.807, 2.05) is 0 Å². The first kappa shape index (κ1) is 18.8. The number of alkyl halides is 3. The van der Waals surface area contributed by atoms with Crippen LogP contribution < -0.4 is 10.2 Å². The van der Waals surface area contributed by atoms with Crippen LogP contribution in [0.4, 0.5) is 30.6 Å². The maximum atomic E-state index is 13.3. The molecule has 0 saturated carbocycles. The van der Waals surface area contributed by atoms with Crippen molar-refractivity contribution in [1.29, 1.82) is 0 Å². The minimum absolute atomic E-state index is 0.0323. The van der Waals surface area contributed by atoms with Gasteiger partial charge in [0.2, 0.25) is 5.95 Å². The molecule has 1 fully saturated rings. The molecule has 1 N–H and O–H groups in total. The van der Waals surface area contributed by atoms with E-state index in [0.29, 0.717) is 23.4 Å². The molecule has 0 atom stereocenters. The van der Waals surface area contributed by atoms with Crippen LogP contribution in [0.1, 0.15) is 31.0 Å². The highest BCUT2D eigenvalue weighted by atomic mass is 35.5. The fourth-order valence-electron chi connectivity index (χ4n) is 2.96. The van der Waals surface area contributed by atoms with Crippen molar-refractivity contribution in [3.8, 4) is 0 Å². The first-order valence-corrected chi connectivity index (χ1v) is 8.84. The third-order valence-corrected chi connectivity index (χ3v) is 4.69. The Bertz CT molecular complexity index is 786. The van der Waals surface area contributed by atoms with Crippen molar-refractivity contribution in [3.63, 3.8) is 0 Å². The molecule has 2 aromatic rings. The summed E-state index contributed by atoms with van der Waals surface area (Å²) < 4.78 is 39.8. The summed E-state index contributed by atoms with van der Waals surface area (Å²) in [6.45, 7) is 5.70. The molecular weight excluding hydrogens is 365 g/mol. The van der Waals surface area contributed by atoms with Gasteiger partial charge in [0.1, 0.15) is 5.82 Å². The van der Waals surface area contributed by atoms with E-state index in [0.717, 1.165) is 32.0 Å². The molecule has 1 aromatic carbocycles. The van der Waals surface area contributed by atoms with Gasteiger partial charge in [0.15, 0.2) is 0 Å². The lowest BCUT2D eigenvalue weighted by atomic mass is 10.00. The highest BCUT2D eigenvalue weighted by Crippen LogP contribution is 2.37. The Hall–Kier alpha value is -2.02. The fourth-order valence-corrected chi connectivity index (χ4v) is 3.14. The van der Waals surface area contributed by atoms with E-state index in [9.17, 15) is 13.2 Å². The van der Waals surface area contributed by atoms with Crippen LogP contribution in [0.2, 0.25) is 5.02 Å². The smallest absolute Gasteiger partial charge is 0.341 e. The van der Waals surface area contributed by atoms with Gasteiger partial charge in [-0.05, 0) is 43.9 Å². The van der Waals surface area contributed by atoms with Crippen molar-refractivity contribution >= 4 is 29.1 Å². The van der Waals surface area contributed by atoms with Crippen LogP contribution in [0.5, 0.6) is 0 Å². The minimum atomic E-state index is -4.51. The molecule has 0 radical (unpaired) electrons.